The maximum Gasteiger partial charge on any atom is 0.312 e. The van der Waals surface area contributed by atoms with Gasteiger partial charge in [0, 0.05) is 12.0 Å². The summed E-state index contributed by atoms with van der Waals surface area (Å²) < 4.78 is 11.5. The third-order valence-electron chi connectivity index (χ3n) is 3.98. The molecule has 6 heteroatoms. The fourth-order valence-corrected chi connectivity index (χ4v) is 2.65. The van der Waals surface area contributed by atoms with Gasteiger partial charge in [0.2, 0.25) is 0 Å². The van der Waals surface area contributed by atoms with Crippen molar-refractivity contribution in [3.63, 3.8) is 0 Å². The van der Waals surface area contributed by atoms with E-state index in [-0.39, 0.29) is 12.0 Å². The van der Waals surface area contributed by atoms with E-state index >= 15 is 0 Å². The van der Waals surface area contributed by atoms with Crippen LogP contribution in [0.1, 0.15) is 24.3 Å². The van der Waals surface area contributed by atoms with Gasteiger partial charge in [-0.1, -0.05) is 11.6 Å². The average molecular weight is 298 g/mol. The van der Waals surface area contributed by atoms with E-state index < -0.39 is 11.9 Å². The van der Waals surface area contributed by atoms with Crippen LogP contribution in [-0.4, -0.2) is 30.8 Å². The number of carbonyl (C=O) groups is 1. The molecule has 1 unspecified atom stereocenters. The van der Waals surface area contributed by atoms with Gasteiger partial charge in [0.1, 0.15) is 0 Å². The molecule has 3 N–H and O–H groups in total. The van der Waals surface area contributed by atoms with Gasteiger partial charge in [0.25, 0.3) is 0 Å². The van der Waals surface area contributed by atoms with Crippen molar-refractivity contribution in [2.75, 3.05) is 19.8 Å². The first-order chi connectivity index (χ1) is 9.54. The van der Waals surface area contributed by atoms with E-state index in [4.69, 9.17) is 26.8 Å². The smallest absolute Gasteiger partial charge is 0.312 e. The van der Waals surface area contributed by atoms with E-state index in [2.05, 4.69) is 0 Å². The van der Waals surface area contributed by atoms with Gasteiger partial charge in [-0.2, -0.15) is 0 Å². The number of halogens is 1. The van der Waals surface area contributed by atoms with Crippen molar-refractivity contribution in [1.82, 2.24) is 0 Å². The second-order valence-corrected chi connectivity index (χ2v) is 5.94. The summed E-state index contributed by atoms with van der Waals surface area (Å²) in [5.41, 5.74) is 6.17. The maximum atomic E-state index is 11.2. The van der Waals surface area contributed by atoms with E-state index in [9.17, 15) is 9.90 Å². The number of hydrogen-bond donors (Lipinski definition) is 2. The molecule has 0 amide bonds. The van der Waals surface area contributed by atoms with Crippen molar-refractivity contribution in [2.45, 2.75) is 18.8 Å². The molecule has 1 heterocycles. The molecule has 3 rings (SSSR count). The minimum Gasteiger partial charge on any atom is -0.489 e. The molecule has 1 spiro atoms. The van der Waals surface area contributed by atoms with Gasteiger partial charge >= 0.3 is 5.97 Å². The van der Waals surface area contributed by atoms with Crippen LogP contribution >= 0.6 is 11.6 Å². The molecule has 108 valence electrons. The van der Waals surface area contributed by atoms with Gasteiger partial charge < -0.3 is 20.3 Å². The SMILES string of the molecule is NCC(C(=O)O)c1cc(Cl)c2c(c1)OCC1(CC1)CO2. The number of hydrogen-bond acceptors (Lipinski definition) is 4. The Morgan fingerprint density at radius 2 is 2.10 bits per heavy atom. The molecule has 0 saturated heterocycles. The topological polar surface area (TPSA) is 81.8 Å². The maximum absolute atomic E-state index is 11.2. The molecule has 1 atom stereocenters. The molecule has 1 aliphatic heterocycles. The highest BCUT2D eigenvalue weighted by molar-refractivity contribution is 6.32. The summed E-state index contributed by atoms with van der Waals surface area (Å²) in [7, 11) is 0. The highest BCUT2D eigenvalue weighted by atomic mass is 35.5. The van der Waals surface area contributed by atoms with Crippen LogP contribution in [0.3, 0.4) is 0 Å². The fourth-order valence-electron chi connectivity index (χ4n) is 2.38. The number of rotatable bonds is 3. The standard InChI is InChI=1S/C14H16ClNO4/c15-10-3-8(9(5-16)13(17)18)4-11-12(10)20-7-14(1-2-14)6-19-11/h3-4,9H,1-2,5-7,16H2,(H,17,18). The van der Waals surface area contributed by atoms with Crippen molar-refractivity contribution in [2.24, 2.45) is 11.1 Å². The van der Waals surface area contributed by atoms with Crippen molar-refractivity contribution >= 4 is 17.6 Å². The van der Waals surface area contributed by atoms with Crippen LogP contribution in [0, 0.1) is 5.41 Å². The Kier molecular flexibility index (Phi) is 3.26. The first kappa shape index (κ1) is 13.5. The van der Waals surface area contributed by atoms with Crippen molar-refractivity contribution < 1.29 is 19.4 Å². The monoisotopic (exact) mass is 297 g/mol. The Bertz CT molecular complexity index is 556. The van der Waals surface area contributed by atoms with Gasteiger partial charge in [-0.25, -0.2) is 0 Å². The summed E-state index contributed by atoms with van der Waals surface area (Å²) in [6.45, 7) is 1.19. The third-order valence-corrected chi connectivity index (χ3v) is 4.26. The normalized spacial score (nSPS) is 20.3. The Balaban J connectivity index is 1.95. The van der Waals surface area contributed by atoms with Crippen molar-refractivity contribution in [1.29, 1.82) is 0 Å². The van der Waals surface area contributed by atoms with Crippen LogP contribution in [-0.2, 0) is 4.79 Å². The highest BCUT2D eigenvalue weighted by Gasteiger charge is 2.46. The summed E-state index contributed by atoms with van der Waals surface area (Å²) >= 11 is 6.20. The largest absolute Gasteiger partial charge is 0.489 e. The number of carboxylic acid groups (broad SMARTS) is 1. The lowest BCUT2D eigenvalue weighted by atomic mass is 9.99. The van der Waals surface area contributed by atoms with Gasteiger partial charge in [0.15, 0.2) is 11.5 Å². The molecule has 1 aliphatic carbocycles. The number of fused-ring (bicyclic) bond motifs is 1. The third kappa shape index (κ3) is 2.31. The Morgan fingerprint density at radius 3 is 2.70 bits per heavy atom. The average Bonchev–Trinajstić information content (AvgIpc) is 3.18. The van der Waals surface area contributed by atoms with Crippen LogP contribution in [0.15, 0.2) is 12.1 Å². The van der Waals surface area contributed by atoms with E-state index in [0.717, 1.165) is 12.8 Å². The minimum absolute atomic E-state index is 0.00917. The first-order valence-corrected chi connectivity index (χ1v) is 6.94. The first-order valence-electron chi connectivity index (χ1n) is 6.57. The van der Waals surface area contributed by atoms with Gasteiger partial charge in [0.05, 0.1) is 24.2 Å². The van der Waals surface area contributed by atoms with Gasteiger partial charge in [-0.3, -0.25) is 4.79 Å². The quantitative estimate of drug-likeness (QED) is 0.892. The van der Waals surface area contributed by atoms with Crippen LogP contribution in [0.5, 0.6) is 11.5 Å². The van der Waals surface area contributed by atoms with Crippen LogP contribution in [0.2, 0.25) is 5.02 Å². The van der Waals surface area contributed by atoms with Gasteiger partial charge in [-0.15, -0.1) is 0 Å². The van der Waals surface area contributed by atoms with Crippen LogP contribution < -0.4 is 15.2 Å². The van der Waals surface area contributed by atoms with E-state index in [1.807, 2.05) is 0 Å². The van der Waals surface area contributed by atoms with Crippen molar-refractivity contribution in [3.05, 3.63) is 22.7 Å². The Morgan fingerprint density at radius 1 is 1.40 bits per heavy atom. The van der Waals surface area contributed by atoms with Crippen LogP contribution in [0.25, 0.3) is 0 Å². The number of ether oxygens (including phenoxy) is 2. The van der Waals surface area contributed by atoms with Crippen molar-refractivity contribution in [3.8, 4) is 11.5 Å². The van der Waals surface area contributed by atoms with E-state index in [0.29, 0.717) is 35.3 Å². The molecule has 5 nitrogen and oxygen atoms in total. The lowest BCUT2D eigenvalue weighted by Gasteiger charge is -2.15. The van der Waals surface area contributed by atoms with E-state index in [1.165, 1.54) is 0 Å². The predicted octanol–water partition coefficient (Wildman–Crippen LogP) is 2.02. The number of benzene rings is 1. The van der Waals surface area contributed by atoms with E-state index in [1.54, 1.807) is 12.1 Å². The summed E-state index contributed by atoms with van der Waals surface area (Å²) in [5, 5.41) is 9.55. The van der Waals surface area contributed by atoms with Crippen LogP contribution in [0.4, 0.5) is 0 Å². The zero-order valence-electron chi connectivity index (χ0n) is 10.9. The number of aliphatic carboxylic acids is 1. The molecule has 1 aromatic carbocycles. The lowest BCUT2D eigenvalue weighted by Crippen LogP contribution is -2.21. The summed E-state index contributed by atoms with van der Waals surface area (Å²) in [5.74, 6) is -0.757. The zero-order chi connectivity index (χ0) is 14.3. The molecule has 1 fully saturated rings. The molecule has 0 aromatic heterocycles. The second-order valence-electron chi connectivity index (χ2n) is 5.53. The molecule has 0 bridgehead atoms. The molecule has 20 heavy (non-hydrogen) atoms. The number of nitrogens with two attached hydrogens (primary N) is 1. The summed E-state index contributed by atoms with van der Waals surface area (Å²) in [6, 6.07) is 3.27. The minimum atomic E-state index is -0.975. The fraction of sp³-hybridized carbons (Fsp3) is 0.500. The molecule has 0 radical (unpaired) electrons. The highest BCUT2D eigenvalue weighted by Crippen LogP contribution is 2.50. The molecular weight excluding hydrogens is 282 g/mol. The predicted molar refractivity (Wildman–Crippen MR) is 73.5 cm³/mol. The second kappa shape index (κ2) is 4.82. The Labute approximate surface area is 121 Å². The molecule has 1 saturated carbocycles. The zero-order valence-corrected chi connectivity index (χ0v) is 11.7. The lowest BCUT2D eigenvalue weighted by molar-refractivity contribution is -0.138. The molecular formula is C14H16ClNO4. The molecule has 1 aromatic rings. The summed E-state index contributed by atoms with van der Waals surface area (Å²) in [4.78, 5) is 11.2. The number of carboxylic acids is 1. The van der Waals surface area contributed by atoms with Gasteiger partial charge in [-0.05, 0) is 30.5 Å². The Hall–Kier alpha value is -1.46. The summed E-state index contributed by atoms with van der Waals surface area (Å²) in [6.07, 6.45) is 2.18. The molecule has 2 aliphatic rings.